The number of aliphatic hydroxyl groups excluding tert-OH is 1. The number of halogens is 1. The second kappa shape index (κ2) is 7.75. The average molecular weight is 421 g/mol. The fourth-order valence-electron chi connectivity index (χ4n) is 3.79. The molecule has 2 aromatic carbocycles. The molecule has 0 bridgehead atoms. The highest BCUT2D eigenvalue weighted by Crippen LogP contribution is 2.44. The second-order valence-electron chi connectivity index (χ2n) is 7.32. The number of carbonyl (C=O) groups excluding carboxylic acids is 2. The largest absolute Gasteiger partial charge is 0.507 e. The van der Waals surface area contributed by atoms with Crippen molar-refractivity contribution in [2.45, 2.75) is 19.9 Å². The number of hydrogen-bond donors (Lipinski definition) is 1. The summed E-state index contributed by atoms with van der Waals surface area (Å²) in [6.07, 6.45) is 1.42. The van der Waals surface area contributed by atoms with Crippen LogP contribution in [0.4, 0.5) is 10.1 Å². The van der Waals surface area contributed by atoms with Crippen LogP contribution in [0.3, 0.4) is 0 Å². The van der Waals surface area contributed by atoms with Gasteiger partial charge in [-0.1, -0.05) is 12.1 Å². The van der Waals surface area contributed by atoms with E-state index in [0.717, 1.165) is 17.2 Å². The number of aliphatic hydroxyl groups is 1. The Morgan fingerprint density at radius 1 is 1.13 bits per heavy atom. The van der Waals surface area contributed by atoms with Gasteiger partial charge in [-0.15, -0.1) is 0 Å². The first-order valence-electron chi connectivity index (χ1n) is 9.59. The van der Waals surface area contributed by atoms with Crippen molar-refractivity contribution in [1.29, 1.82) is 0 Å². The van der Waals surface area contributed by atoms with Gasteiger partial charge in [-0.25, -0.2) is 4.39 Å². The number of nitrogens with zero attached hydrogens (tertiary/aromatic N) is 1. The fourth-order valence-corrected chi connectivity index (χ4v) is 3.79. The fraction of sp³-hybridized carbons (Fsp3) is 0.167. The van der Waals surface area contributed by atoms with Gasteiger partial charge in [-0.05, 0) is 61.4 Å². The molecule has 0 radical (unpaired) electrons. The van der Waals surface area contributed by atoms with Gasteiger partial charge in [0.05, 0.1) is 24.5 Å². The Kier molecular flexibility index (Phi) is 5.10. The molecule has 31 heavy (non-hydrogen) atoms. The van der Waals surface area contributed by atoms with E-state index in [0.29, 0.717) is 5.69 Å². The number of benzene rings is 2. The molecule has 1 aromatic heterocycles. The minimum absolute atomic E-state index is 0.0296. The summed E-state index contributed by atoms with van der Waals surface area (Å²) < 4.78 is 24.7. The minimum atomic E-state index is -1.02. The lowest BCUT2D eigenvalue weighted by atomic mass is 9.98. The molecular formula is C24H20FNO5. The summed E-state index contributed by atoms with van der Waals surface area (Å²) in [6, 6.07) is 11.3. The topological polar surface area (TPSA) is 80.0 Å². The molecule has 1 atom stereocenters. The molecule has 1 N–H and O–H groups in total. The molecule has 158 valence electrons. The molecule has 2 heterocycles. The summed E-state index contributed by atoms with van der Waals surface area (Å²) in [7, 11) is 1.36. The van der Waals surface area contributed by atoms with Gasteiger partial charge < -0.3 is 14.3 Å². The Hall–Kier alpha value is -3.87. The quantitative estimate of drug-likeness (QED) is 0.376. The number of amides is 1. The van der Waals surface area contributed by atoms with Gasteiger partial charge in [0, 0.05) is 5.69 Å². The SMILES string of the molecule is COc1ccc(F)cc1/C(O)=C1/C(=O)C(=O)N(c2cc(C)ccc2C)C1c1ccco1. The van der Waals surface area contributed by atoms with Crippen LogP contribution in [0.15, 0.2) is 64.8 Å². The van der Waals surface area contributed by atoms with E-state index in [9.17, 15) is 19.1 Å². The van der Waals surface area contributed by atoms with Crippen LogP contribution in [-0.4, -0.2) is 23.9 Å². The van der Waals surface area contributed by atoms with E-state index in [1.54, 1.807) is 18.2 Å². The van der Waals surface area contributed by atoms with Crippen molar-refractivity contribution in [2.75, 3.05) is 12.0 Å². The van der Waals surface area contributed by atoms with Gasteiger partial charge in [-0.2, -0.15) is 0 Å². The van der Waals surface area contributed by atoms with Crippen molar-refractivity contribution in [3.8, 4) is 5.75 Å². The van der Waals surface area contributed by atoms with E-state index in [1.165, 1.54) is 30.4 Å². The highest BCUT2D eigenvalue weighted by atomic mass is 19.1. The molecule has 1 aliphatic heterocycles. The van der Waals surface area contributed by atoms with Crippen LogP contribution in [-0.2, 0) is 9.59 Å². The van der Waals surface area contributed by atoms with Crippen LogP contribution in [0.25, 0.3) is 5.76 Å². The highest BCUT2D eigenvalue weighted by Gasteiger charge is 2.49. The Labute approximate surface area is 178 Å². The molecule has 3 aromatic rings. The number of ketones is 1. The number of methoxy groups -OCH3 is 1. The zero-order chi connectivity index (χ0) is 22.3. The predicted molar refractivity (Wildman–Crippen MR) is 112 cm³/mol. The van der Waals surface area contributed by atoms with E-state index in [-0.39, 0.29) is 22.6 Å². The lowest BCUT2D eigenvalue weighted by Crippen LogP contribution is -2.30. The summed E-state index contributed by atoms with van der Waals surface area (Å²) in [5, 5.41) is 11.1. The molecule has 0 spiro atoms. The normalized spacial score (nSPS) is 17.9. The van der Waals surface area contributed by atoms with Gasteiger partial charge >= 0.3 is 0 Å². The van der Waals surface area contributed by atoms with Crippen molar-refractivity contribution in [2.24, 2.45) is 0 Å². The van der Waals surface area contributed by atoms with Crippen LogP contribution in [0.2, 0.25) is 0 Å². The number of furan rings is 1. The molecule has 1 fully saturated rings. The number of carbonyl (C=O) groups is 2. The number of anilines is 1. The molecule has 0 saturated carbocycles. The second-order valence-corrected chi connectivity index (χ2v) is 7.32. The maximum Gasteiger partial charge on any atom is 0.300 e. The third kappa shape index (κ3) is 3.38. The van der Waals surface area contributed by atoms with Gasteiger partial charge in [0.2, 0.25) is 0 Å². The van der Waals surface area contributed by atoms with Gasteiger partial charge in [0.1, 0.15) is 29.1 Å². The standard InChI is InChI=1S/C24H20FNO5/c1-13-6-7-14(2)17(11-13)26-21(19-5-4-10-31-19)20(23(28)24(26)29)22(27)16-12-15(25)8-9-18(16)30-3/h4-12,21,27H,1-3H3/b22-20-. The first kappa shape index (κ1) is 20.4. The van der Waals surface area contributed by atoms with Gasteiger partial charge in [-0.3, -0.25) is 14.5 Å². The number of aryl methyl sites for hydroxylation is 2. The molecule has 0 aliphatic carbocycles. The van der Waals surface area contributed by atoms with Gasteiger partial charge in [0.15, 0.2) is 0 Å². The molecule has 1 amide bonds. The molecule has 1 saturated heterocycles. The summed E-state index contributed by atoms with van der Waals surface area (Å²) >= 11 is 0. The third-order valence-electron chi connectivity index (χ3n) is 5.30. The maximum absolute atomic E-state index is 13.9. The number of Topliss-reactive ketones (excluding diaryl/α,β-unsaturated/α-hetero) is 1. The zero-order valence-electron chi connectivity index (χ0n) is 17.2. The molecule has 6 nitrogen and oxygen atoms in total. The summed E-state index contributed by atoms with van der Waals surface area (Å²) in [6.45, 7) is 3.70. The molecule has 1 aliphatic rings. The molecular weight excluding hydrogens is 401 g/mol. The van der Waals surface area contributed by atoms with Crippen molar-refractivity contribution in [3.63, 3.8) is 0 Å². The van der Waals surface area contributed by atoms with Crippen LogP contribution in [0.1, 0.15) is 28.5 Å². The summed E-state index contributed by atoms with van der Waals surface area (Å²) in [4.78, 5) is 27.5. The lowest BCUT2D eigenvalue weighted by molar-refractivity contribution is -0.132. The summed E-state index contributed by atoms with van der Waals surface area (Å²) in [5.41, 5.74) is 1.96. The molecule has 4 rings (SSSR count). The average Bonchev–Trinajstić information content (AvgIpc) is 3.36. The lowest BCUT2D eigenvalue weighted by Gasteiger charge is -2.25. The minimum Gasteiger partial charge on any atom is -0.507 e. The number of hydrogen-bond acceptors (Lipinski definition) is 5. The summed E-state index contributed by atoms with van der Waals surface area (Å²) in [5.74, 6) is -2.42. The highest BCUT2D eigenvalue weighted by molar-refractivity contribution is 6.51. The van der Waals surface area contributed by atoms with Crippen LogP contribution in [0.5, 0.6) is 5.75 Å². The first-order chi connectivity index (χ1) is 14.8. The molecule has 1 unspecified atom stereocenters. The van der Waals surface area contributed by atoms with E-state index in [4.69, 9.17) is 9.15 Å². The van der Waals surface area contributed by atoms with Gasteiger partial charge in [0.25, 0.3) is 11.7 Å². The Morgan fingerprint density at radius 3 is 2.58 bits per heavy atom. The van der Waals surface area contributed by atoms with Crippen molar-refractivity contribution in [1.82, 2.24) is 0 Å². The number of ether oxygens (including phenoxy) is 1. The van der Waals surface area contributed by atoms with Crippen LogP contribution < -0.4 is 9.64 Å². The first-order valence-corrected chi connectivity index (χ1v) is 9.59. The maximum atomic E-state index is 13.9. The van der Waals surface area contributed by atoms with Crippen LogP contribution in [0, 0.1) is 19.7 Å². The predicted octanol–water partition coefficient (Wildman–Crippen LogP) is 4.67. The Morgan fingerprint density at radius 2 is 1.90 bits per heavy atom. The molecule has 7 heteroatoms. The van der Waals surface area contributed by atoms with Crippen molar-refractivity contribution < 1.29 is 28.2 Å². The van der Waals surface area contributed by atoms with E-state index < -0.39 is 29.3 Å². The monoisotopic (exact) mass is 421 g/mol. The Balaban J connectivity index is 1.99. The number of rotatable bonds is 4. The van der Waals surface area contributed by atoms with Crippen molar-refractivity contribution in [3.05, 3.63) is 88.6 Å². The van der Waals surface area contributed by atoms with E-state index in [2.05, 4.69) is 0 Å². The van der Waals surface area contributed by atoms with Crippen molar-refractivity contribution >= 4 is 23.1 Å². The smallest absolute Gasteiger partial charge is 0.300 e. The van der Waals surface area contributed by atoms with E-state index >= 15 is 0 Å². The Bertz CT molecular complexity index is 1210. The van der Waals surface area contributed by atoms with Crippen LogP contribution >= 0.6 is 0 Å². The zero-order valence-corrected chi connectivity index (χ0v) is 17.2. The third-order valence-corrected chi connectivity index (χ3v) is 5.30. The van der Waals surface area contributed by atoms with E-state index in [1.807, 2.05) is 26.0 Å².